The molecule has 1 fully saturated rings. The van der Waals surface area contributed by atoms with Crippen molar-refractivity contribution < 1.29 is 14.1 Å². The predicted octanol–water partition coefficient (Wildman–Crippen LogP) is 2.22. The van der Waals surface area contributed by atoms with Crippen LogP contribution >= 0.6 is 0 Å². The summed E-state index contributed by atoms with van der Waals surface area (Å²) < 4.78 is 12.5. The smallest absolute Gasteiger partial charge is 0.322 e. The van der Waals surface area contributed by atoms with Gasteiger partial charge in [-0.3, -0.25) is 4.68 Å². The van der Waals surface area contributed by atoms with E-state index in [0.717, 1.165) is 6.54 Å². The highest BCUT2D eigenvalue weighted by Gasteiger charge is 2.39. The van der Waals surface area contributed by atoms with Gasteiger partial charge >= 0.3 is 6.03 Å². The lowest BCUT2D eigenvalue weighted by atomic mass is 10.2. The summed E-state index contributed by atoms with van der Waals surface area (Å²) in [6.07, 6.45) is 4.04. The van der Waals surface area contributed by atoms with Crippen molar-refractivity contribution in [1.29, 1.82) is 0 Å². The molecule has 0 radical (unpaired) electrons. The molecule has 2 amide bonds. The number of aromatic nitrogens is 4. The topological polar surface area (TPSA) is 98.3 Å². The maximum atomic E-state index is 12.7. The van der Waals surface area contributed by atoms with Crippen LogP contribution in [0.5, 0.6) is 0 Å². The number of anilines is 1. The highest BCUT2D eigenvalue weighted by molar-refractivity contribution is 5.89. The second kappa shape index (κ2) is 7.22. The maximum Gasteiger partial charge on any atom is 0.322 e. The van der Waals surface area contributed by atoms with E-state index in [1.165, 1.54) is 0 Å². The van der Waals surface area contributed by atoms with Crippen LogP contribution in [-0.4, -0.2) is 50.6 Å². The molecule has 0 unspecified atom stereocenters. The third-order valence-electron chi connectivity index (χ3n) is 4.12. The number of aryl methyl sites for hydroxylation is 1. The van der Waals surface area contributed by atoms with Crippen molar-refractivity contribution in [2.24, 2.45) is 5.92 Å². The zero-order valence-corrected chi connectivity index (χ0v) is 15.0. The van der Waals surface area contributed by atoms with Crippen LogP contribution in [-0.2, 0) is 11.3 Å². The Labute approximate surface area is 146 Å². The van der Waals surface area contributed by atoms with Crippen LogP contribution in [0.3, 0.4) is 0 Å². The summed E-state index contributed by atoms with van der Waals surface area (Å²) in [5.74, 6) is 1.46. The van der Waals surface area contributed by atoms with Crippen molar-refractivity contribution in [2.45, 2.75) is 45.9 Å². The molecule has 2 aromatic rings. The number of methoxy groups -OCH3 is 1. The predicted molar refractivity (Wildman–Crippen MR) is 90.0 cm³/mol. The number of rotatable bonds is 5. The lowest BCUT2D eigenvalue weighted by Gasteiger charge is -2.21. The number of nitrogens with zero attached hydrogens (tertiary/aromatic N) is 5. The molecule has 3 rings (SSSR count). The van der Waals surface area contributed by atoms with Gasteiger partial charge in [-0.1, -0.05) is 19.0 Å². The molecule has 1 aliphatic heterocycles. The first-order chi connectivity index (χ1) is 12.0. The molecule has 1 aliphatic rings. The van der Waals surface area contributed by atoms with Crippen molar-refractivity contribution >= 4 is 11.7 Å². The van der Waals surface area contributed by atoms with Gasteiger partial charge in [0.1, 0.15) is 6.04 Å². The van der Waals surface area contributed by atoms with Crippen molar-refractivity contribution in [3.8, 4) is 0 Å². The van der Waals surface area contributed by atoms with E-state index in [0.29, 0.717) is 36.3 Å². The minimum atomic E-state index is -0.295. The van der Waals surface area contributed by atoms with Gasteiger partial charge < -0.3 is 19.5 Å². The van der Waals surface area contributed by atoms with Gasteiger partial charge in [-0.05, 0) is 12.8 Å². The van der Waals surface area contributed by atoms with Gasteiger partial charge in [-0.2, -0.15) is 10.1 Å². The third-order valence-corrected chi connectivity index (χ3v) is 4.12. The van der Waals surface area contributed by atoms with Crippen LogP contribution in [0, 0.1) is 12.8 Å². The van der Waals surface area contributed by atoms with Gasteiger partial charge in [0.15, 0.2) is 5.82 Å². The van der Waals surface area contributed by atoms with Crippen LogP contribution in [0.25, 0.3) is 0 Å². The fraction of sp³-hybridized carbons (Fsp3) is 0.625. The number of urea groups is 1. The highest BCUT2D eigenvalue weighted by Crippen LogP contribution is 2.32. The molecular weight excluding hydrogens is 324 g/mol. The van der Waals surface area contributed by atoms with E-state index in [4.69, 9.17) is 9.26 Å². The van der Waals surface area contributed by atoms with Crippen LogP contribution < -0.4 is 5.32 Å². The Bertz CT molecular complexity index is 725. The minimum Gasteiger partial charge on any atom is -0.380 e. The van der Waals surface area contributed by atoms with Crippen LogP contribution in [0.2, 0.25) is 0 Å². The summed E-state index contributed by atoms with van der Waals surface area (Å²) in [4.78, 5) is 18.7. The van der Waals surface area contributed by atoms with Gasteiger partial charge in [0.05, 0.1) is 18.0 Å². The largest absolute Gasteiger partial charge is 0.380 e. The minimum absolute atomic E-state index is 0.0633. The Morgan fingerprint density at radius 2 is 2.32 bits per heavy atom. The molecule has 1 N–H and O–H groups in total. The SMILES string of the molecule is CO[C@@H]1C[C@H](c2nc(C)no2)N(C(=O)Nc2cnn(CC(C)C)c2)C1. The van der Waals surface area contributed by atoms with E-state index in [2.05, 4.69) is 34.4 Å². The van der Waals surface area contributed by atoms with Gasteiger partial charge in [0.2, 0.25) is 5.89 Å². The number of amides is 2. The molecule has 3 heterocycles. The summed E-state index contributed by atoms with van der Waals surface area (Å²) in [5.41, 5.74) is 0.659. The number of hydrogen-bond donors (Lipinski definition) is 1. The second-order valence-electron chi connectivity index (χ2n) is 6.72. The average Bonchev–Trinajstić information content (AvgIpc) is 3.26. The Kier molecular flexibility index (Phi) is 5.03. The number of carbonyl (C=O) groups is 1. The first-order valence-corrected chi connectivity index (χ1v) is 8.39. The van der Waals surface area contributed by atoms with Crippen LogP contribution in [0.15, 0.2) is 16.9 Å². The number of carbonyl (C=O) groups excluding carboxylic acids is 1. The Hall–Kier alpha value is -2.42. The lowest BCUT2D eigenvalue weighted by molar-refractivity contribution is 0.111. The van der Waals surface area contributed by atoms with Crippen molar-refractivity contribution in [3.63, 3.8) is 0 Å². The van der Waals surface area contributed by atoms with E-state index in [-0.39, 0.29) is 18.2 Å². The first kappa shape index (κ1) is 17.4. The summed E-state index contributed by atoms with van der Waals surface area (Å²) >= 11 is 0. The molecule has 136 valence electrons. The summed E-state index contributed by atoms with van der Waals surface area (Å²) in [6, 6.07) is -0.527. The van der Waals surface area contributed by atoms with Gasteiger partial charge in [0.25, 0.3) is 0 Å². The number of ether oxygens (including phenoxy) is 1. The molecule has 9 nitrogen and oxygen atoms in total. The quantitative estimate of drug-likeness (QED) is 0.889. The molecule has 9 heteroatoms. The molecule has 25 heavy (non-hydrogen) atoms. The fourth-order valence-corrected chi connectivity index (χ4v) is 2.97. The standard InChI is InChI=1S/C16H24N6O3/c1-10(2)7-21-8-12(6-17-21)19-16(23)22-9-13(24-4)5-14(22)15-18-11(3)20-25-15/h6,8,10,13-14H,5,7,9H2,1-4H3,(H,19,23)/t13-,14-/m1/s1. The van der Waals surface area contributed by atoms with E-state index in [9.17, 15) is 4.79 Å². The lowest BCUT2D eigenvalue weighted by Crippen LogP contribution is -2.35. The zero-order chi connectivity index (χ0) is 18.0. The molecule has 2 atom stereocenters. The zero-order valence-electron chi connectivity index (χ0n) is 15.0. The molecule has 0 saturated carbocycles. The van der Waals surface area contributed by atoms with E-state index >= 15 is 0 Å². The van der Waals surface area contributed by atoms with Gasteiger partial charge in [-0.25, -0.2) is 4.79 Å². The number of nitrogens with one attached hydrogen (secondary N) is 1. The summed E-state index contributed by atoms with van der Waals surface area (Å²) in [7, 11) is 1.64. The first-order valence-electron chi connectivity index (χ1n) is 8.39. The van der Waals surface area contributed by atoms with E-state index in [1.54, 1.807) is 25.1 Å². The average molecular weight is 348 g/mol. The fourth-order valence-electron chi connectivity index (χ4n) is 2.97. The Balaban J connectivity index is 1.71. The molecule has 0 aromatic carbocycles. The number of likely N-dealkylation sites (tertiary alicyclic amines) is 1. The molecule has 0 aliphatic carbocycles. The van der Waals surface area contributed by atoms with Crippen LogP contribution in [0.4, 0.5) is 10.5 Å². The van der Waals surface area contributed by atoms with E-state index in [1.807, 2.05) is 10.9 Å². The highest BCUT2D eigenvalue weighted by atomic mass is 16.5. The summed E-state index contributed by atoms with van der Waals surface area (Å²) in [6.45, 7) is 7.26. The molecule has 1 saturated heterocycles. The van der Waals surface area contributed by atoms with Gasteiger partial charge in [0, 0.05) is 32.8 Å². The van der Waals surface area contributed by atoms with Crippen molar-refractivity contribution in [2.75, 3.05) is 19.0 Å². The molecular formula is C16H24N6O3. The molecule has 0 spiro atoms. The number of hydrogen-bond acceptors (Lipinski definition) is 6. The van der Waals surface area contributed by atoms with Crippen molar-refractivity contribution in [1.82, 2.24) is 24.8 Å². The summed E-state index contributed by atoms with van der Waals surface area (Å²) in [5, 5.41) is 11.0. The second-order valence-corrected chi connectivity index (χ2v) is 6.72. The van der Waals surface area contributed by atoms with Crippen LogP contribution in [0.1, 0.15) is 38.0 Å². The normalized spacial score (nSPS) is 20.4. The van der Waals surface area contributed by atoms with Crippen molar-refractivity contribution in [3.05, 3.63) is 24.1 Å². The van der Waals surface area contributed by atoms with E-state index < -0.39 is 0 Å². The van der Waals surface area contributed by atoms with Gasteiger partial charge in [-0.15, -0.1) is 0 Å². The maximum absolute atomic E-state index is 12.7. The third kappa shape index (κ3) is 3.98. The molecule has 2 aromatic heterocycles. The Morgan fingerprint density at radius 3 is 2.96 bits per heavy atom. The molecule has 0 bridgehead atoms. The Morgan fingerprint density at radius 1 is 1.52 bits per heavy atom. The monoisotopic (exact) mass is 348 g/mol.